The molecule has 2 heterocycles. The Morgan fingerprint density at radius 3 is 2.17 bits per heavy atom. The first-order valence-corrected chi connectivity index (χ1v) is 7.32. The standard InChI is InChI=1S/C16H23NO/c1-2-16(12-17-9-1)14-5-3-13(4-6-14)15-7-10-18-11-8-15/h3-6,15-17H,1-2,7-12H2. The van der Waals surface area contributed by atoms with Crippen LogP contribution in [0.25, 0.3) is 0 Å². The number of rotatable bonds is 2. The molecule has 1 unspecified atom stereocenters. The van der Waals surface area contributed by atoms with Gasteiger partial charge in [0.25, 0.3) is 0 Å². The van der Waals surface area contributed by atoms with Crippen molar-refractivity contribution in [3.8, 4) is 0 Å². The van der Waals surface area contributed by atoms with Gasteiger partial charge in [0, 0.05) is 19.8 Å². The topological polar surface area (TPSA) is 21.3 Å². The molecule has 0 radical (unpaired) electrons. The molecule has 2 fully saturated rings. The smallest absolute Gasteiger partial charge is 0.0471 e. The van der Waals surface area contributed by atoms with E-state index >= 15 is 0 Å². The first-order chi connectivity index (χ1) is 8.93. The highest BCUT2D eigenvalue weighted by atomic mass is 16.5. The summed E-state index contributed by atoms with van der Waals surface area (Å²) in [5.41, 5.74) is 3.02. The second kappa shape index (κ2) is 5.85. The quantitative estimate of drug-likeness (QED) is 0.864. The molecule has 2 aliphatic rings. The third-order valence-electron chi connectivity index (χ3n) is 4.40. The van der Waals surface area contributed by atoms with Crippen LogP contribution in [0.2, 0.25) is 0 Å². The van der Waals surface area contributed by atoms with Crippen LogP contribution in [0.1, 0.15) is 48.6 Å². The molecule has 98 valence electrons. The highest BCUT2D eigenvalue weighted by Crippen LogP contribution is 2.29. The van der Waals surface area contributed by atoms with Gasteiger partial charge in [-0.2, -0.15) is 0 Å². The van der Waals surface area contributed by atoms with Gasteiger partial charge in [0.15, 0.2) is 0 Å². The van der Waals surface area contributed by atoms with Crippen molar-refractivity contribution in [2.45, 2.75) is 37.5 Å². The fraction of sp³-hybridized carbons (Fsp3) is 0.625. The summed E-state index contributed by atoms with van der Waals surface area (Å²) in [7, 11) is 0. The summed E-state index contributed by atoms with van der Waals surface area (Å²) >= 11 is 0. The molecule has 2 nitrogen and oxygen atoms in total. The number of piperidine rings is 1. The summed E-state index contributed by atoms with van der Waals surface area (Å²) in [6.45, 7) is 4.20. The van der Waals surface area contributed by atoms with Crippen molar-refractivity contribution in [1.82, 2.24) is 5.32 Å². The summed E-state index contributed by atoms with van der Waals surface area (Å²) in [6, 6.07) is 9.39. The maximum atomic E-state index is 5.43. The minimum Gasteiger partial charge on any atom is -0.381 e. The van der Waals surface area contributed by atoms with Crippen LogP contribution < -0.4 is 5.32 Å². The molecule has 1 N–H and O–H groups in total. The zero-order valence-electron chi connectivity index (χ0n) is 11.0. The van der Waals surface area contributed by atoms with Crippen molar-refractivity contribution in [2.24, 2.45) is 0 Å². The molecule has 2 heteroatoms. The number of hydrogen-bond donors (Lipinski definition) is 1. The summed E-state index contributed by atoms with van der Waals surface area (Å²) in [4.78, 5) is 0. The molecule has 1 atom stereocenters. The van der Waals surface area contributed by atoms with Crippen molar-refractivity contribution < 1.29 is 4.74 Å². The molecule has 0 aliphatic carbocycles. The van der Waals surface area contributed by atoms with Crippen molar-refractivity contribution in [1.29, 1.82) is 0 Å². The van der Waals surface area contributed by atoms with Gasteiger partial charge in [-0.3, -0.25) is 0 Å². The molecule has 0 spiro atoms. The van der Waals surface area contributed by atoms with E-state index in [1.165, 1.54) is 43.4 Å². The third-order valence-corrected chi connectivity index (χ3v) is 4.40. The van der Waals surface area contributed by atoms with E-state index in [-0.39, 0.29) is 0 Å². The molecule has 0 amide bonds. The fourth-order valence-electron chi connectivity index (χ4n) is 3.21. The zero-order valence-corrected chi connectivity index (χ0v) is 11.0. The highest BCUT2D eigenvalue weighted by Gasteiger charge is 2.18. The molecular formula is C16H23NO. The van der Waals surface area contributed by atoms with Gasteiger partial charge in [-0.05, 0) is 55.2 Å². The molecule has 0 aromatic heterocycles. The van der Waals surface area contributed by atoms with E-state index in [1.807, 2.05) is 0 Å². The Balaban J connectivity index is 1.67. The Labute approximate surface area is 110 Å². The van der Waals surface area contributed by atoms with E-state index < -0.39 is 0 Å². The molecule has 1 aromatic carbocycles. The van der Waals surface area contributed by atoms with Crippen LogP contribution in [0.4, 0.5) is 0 Å². The average molecular weight is 245 g/mol. The predicted octanol–water partition coefficient (Wildman–Crippen LogP) is 3.05. The van der Waals surface area contributed by atoms with Crippen LogP contribution in [-0.4, -0.2) is 26.3 Å². The van der Waals surface area contributed by atoms with Crippen molar-refractivity contribution in [3.63, 3.8) is 0 Å². The van der Waals surface area contributed by atoms with Gasteiger partial charge in [-0.1, -0.05) is 24.3 Å². The van der Waals surface area contributed by atoms with Gasteiger partial charge in [-0.15, -0.1) is 0 Å². The minimum atomic E-state index is 0.720. The molecule has 2 saturated heterocycles. The Bertz CT molecular complexity index is 324. The second-order valence-corrected chi connectivity index (χ2v) is 5.60. The lowest BCUT2D eigenvalue weighted by atomic mass is 9.87. The summed E-state index contributed by atoms with van der Waals surface area (Å²) in [5, 5.41) is 3.49. The van der Waals surface area contributed by atoms with E-state index in [1.54, 1.807) is 0 Å². The highest BCUT2D eigenvalue weighted by molar-refractivity contribution is 5.28. The molecule has 18 heavy (non-hydrogen) atoms. The Morgan fingerprint density at radius 1 is 0.889 bits per heavy atom. The summed E-state index contributed by atoms with van der Waals surface area (Å²) in [6.07, 6.45) is 5.02. The van der Waals surface area contributed by atoms with Crippen LogP contribution in [0.15, 0.2) is 24.3 Å². The number of ether oxygens (including phenoxy) is 1. The molecule has 3 rings (SSSR count). The summed E-state index contributed by atoms with van der Waals surface area (Å²) in [5.74, 6) is 1.44. The predicted molar refractivity (Wildman–Crippen MR) is 74.1 cm³/mol. The second-order valence-electron chi connectivity index (χ2n) is 5.60. The molecule has 1 aromatic rings. The minimum absolute atomic E-state index is 0.720. The average Bonchev–Trinajstić information content (AvgIpc) is 2.49. The van der Waals surface area contributed by atoms with Crippen molar-refractivity contribution >= 4 is 0 Å². The van der Waals surface area contributed by atoms with Gasteiger partial charge < -0.3 is 10.1 Å². The first-order valence-electron chi connectivity index (χ1n) is 7.32. The molecule has 2 aliphatic heterocycles. The molecule has 0 bridgehead atoms. The van der Waals surface area contributed by atoms with Crippen LogP contribution in [-0.2, 0) is 4.74 Å². The van der Waals surface area contributed by atoms with Gasteiger partial charge in [0.2, 0.25) is 0 Å². The van der Waals surface area contributed by atoms with E-state index in [0.29, 0.717) is 0 Å². The van der Waals surface area contributed by atoms with Gasteiger partial charge in [0.05, 0.1) is 0 Å². The van der Waals surface area contributed by atoms with Crippen LogP contribution in [0, 0.1) is 0 Å². The zero-order chi connectivity index (χ0) is 12.2. The molecule has 0 saturated carbocycles. The van der Waals surface area contributed by atoms with Crippen molar-refractivity contribution in [3.05, 3.63) is 35.4 Å². The monoisotopic (exact) mass is 245 g/mol. The lowest BCUT2D eigenvalue weighted by Crippen LogP contribution is -2.28. The normalized spacial score (nSPS) is 26.1. The van der Waals surface area contributed by atoms with Crippen LogP contribution in [0.5, 0.6) is 0 Å². The number of nitrogens with one attached hydrogen (secondary N) is 1. The van der Waals surface area contributed by atoms with Crippen LogP contribution in [0.3, 0.4) is 0 Å². The lowest BCUT2D eigenvalue weighted by Gasteiger charge is -2.25. The Kier molecular flexibility index (Phi) is 3.96. The Morgan fingerprint density at radius 2 is 1.56 bits per heavy atom. The largest absolute Gasteiger partial charge is 0.381 e. The number of hydrogen-bond acceptors (Lipinski definition) is 2. The van der Waals surface area contributed by atoms with Crippen LogP contribution >= 0.6 is 0 Å². The maximum Gasteiger partial charge on any atom is 0.0471 e. The molecular weight excluding hydrogens is 222 g/mol. The summed E-state index contributed by atoms with van der Waals surface area (Å²) < 4.78 is 5.43. The van der Waals surface area contributed by atoms with E-state index in [2.05, 4.69) is 29.6 Å². The van der Waals surface area contributed by atoms with Gasteiger partial charge in [-0.25, -0.2) is 0 Å². The van der Waals surface area contributed by atoms with E-state index in [4.69, 9.17) is 4.74 Å². The number of benzene rings is 1. The first kappa shape index (κ1) is 12.2. The van der Waals surface area contributed by atoms with Gasteiger partial charge >= 0.3 is 0 Å². The maximum absolute atomic E-state index is 5.43. The van der Waals surface area contributed by atoms with Crippen molar-refractivity contribution in [2.75, 3.05) is 26.3 Å². The van der Waals surface area contributed by atoms with E-state index in [0.717, 1.165) is 31.6 Å². The van der Waals surface area contributed by atoms with E-state index in [9.17, 15) is 0 Å². The fourth-order valence-corrected chi connectivity index (χ4v) is 3.21. The third kappa shape index (κ3) is 2.76. The Hall–Kier alpha value is -0.860. The lowest BCUT2D eigenvalue weighted by molar-refractivity contribution is 0.0853. The van der Waals surface area contributed by atoms with Gasteiger partial charge in [0.1, 0.15) is 0 Å². The SMILES string of the molecule is c1cc(C2CCCNC2)ccc1C1CCOCC1.